The Kier molecular flexibility index (Phi) is 3.90. The summed E-state index contributed by atoms with van der Waals surface area (Å²) < 4.78 is 10.5. The van der Waals surface area contributed by atoms with Gasteiger partial charge in [0.1, 0.15) is 6.61 Å². The van der Waals surface area contributed by atoms with E-state index >= 15 is 0 Å². The van der Waals surface area contributed by atoms with Gasteiger partial charge < -0.3 is 9.47 Å². The summed E-state index contributed by atoms with van der Waals surface area (Å²) in [5, 5.41) is 0. The lowest BCUT2D eigenvalue weighted by Gasteiger charge is -2.07. The second-order valence-electron chi connectivity index (χ2n) is 6.17. The van der Waals surface area contributed by atoms with E-state index in [4.69, 9.17) is 9.47 Å². The molecule has 1 aliphatic rings. The first-order chi connectivity index (χ1) is 11.0. The number of nitrogens with zero attached hydrogens (tertiary/aromatic N) is 1. The van der Waals surface area contributed by atoms with E-state index in [1.54, 1.807) is 6.07 Å². The molecule has 4 heteroatoms. The fourth-order valence-electron chi connectivity index (χ4n) is 2.51. The Morgan fingerprint density at radius 3 is 2.39 bits per heavy atom. The van der Waals surface area contributed by atoms with Crippen LogP contribution in [-0.4, -0.2) is 31.1 Å². The third-order valence-corrected chi connectivity index (χ3v) is 3.69. The average molecular weight is 309 g/mol. The van der Waals surface area contributed by atoms with Crippen LogP contribution in [-0.2, 0) is 9.47 Å². The summed E-state index contributed by atoms with van der Waals surface area (Å²) in [4.78, 5) is 16.3. The van der Waals surface area contributed by atoms with Gasteiger partial charge in [-0.25, -0.2) is 9.79 Å². The number of rotatable bonds is 3. The predicted octanol–water partition coefficient (Wildman–Crippen LogP) is 3.70. The van der Waals surface area contributed by atoms with Gasteiger partial charge in [0, 0.05) is 5.56 Å². The third-order valence-electron chi connectivity index (χ3n) is 3.69. The maximum Gasteiger partial charge on any atom is 0.337 e. The predicted molar refractivity (Wildman–Crippen MR) is 89.8 cm³/mol. The van der Waals surface area contributed by atoms with Crippen LogP contribution in [0, 0.1) is 0 Å². The molecule has 3 rings (SSSR count). The van der Waals surface area contributed by atoms with Gasteiger partial charge in [-0.1, -0.05) is 24.3 Å². The molecule has 0 aliphatic carbocycles. The van der Waals surface area contributed by atoms with Crippen LogP contribution in [0.1, 0.15) is 29.8 Å². The first kappa shape index (κ1) is 15.3. The molecule has 0 amide bonds. The fraction of sp³-hybridized carbons (Fsp3) is 0.263. The number of hydrogen-bond donors (Lipinski definition) is 0. The molecule has 23 heavy (non-hydrogen) atoms. The van der Waals surface area contributed by atoms with Gasteiger partial charge in [0.15, 0.2) is 0 Å². The molecular weight excluding hydrogens is 290 g/mol. The molecule has 0 spiro atoms. The van der Waals surface area contributed by atoms with E-state index in [1.165, 1.54) is 7.11 Å². The Balaban J connectivity index is 1.96. The summed E-state index contributed by atoms with van der Waals surface area (Å²) in [6.07, 6.45) is 0. The zero-order valence-electron chi connectivity index (χ0n) is 13.5. The topological polar surface area (TPSA) is 47.9 Å². The molecule has 0 atom stereocenters. The first-order valence-corrected chi connectivity index (χ1v) is 7.50. The van der Waals surface area contributed by atoms with E-state index in [0.717, 1.165) is 16.7 Å². The Bertz CT molecular complexity index is 778. The minimum Gasteiger partial charge on any atom is -0.475 e. The monoisotopic (exact) mass is 309 g/mol. The van der Waals surface area contributed by atoms with Crippen molar-refractivity contribution in [2.24, 2.45) is 4.99 Å². The van der Waals surface area contributed by atoms with Gasteiger partial charge in [-0.2, -0.15) is 0 Å². The molecule has 118 valence electrons. The summed E-state index contributed by atoms with van der Waals surface area (Å²) in [5.41, 5.74) is 3.25. The molecule has 0 bridgehead atoms. The molecule has 0 fully saturated rings. The van der Waals surface area contributed by atoms with Crippen LogP contribution >= 0.6 is 0 Å². The highest BCUT2D eigenvalue weighted by Crippen LogP contribution is 2.25. The molecule has 1 aliphatic heterocycles. The van der Waals surface area contributed by atoms with Gasteiger partial charge in [-0.3, -0.25) is 0 Å². The minimum atomic E-state index is -0.340. The molecular formula is C19H19NO3. The van der Waals surface area contributed by atoms with Crippen molar-refractivity contribution in [2.45, 2.75) is 19.4 Å². The number of ether oxygens (including phenoxy) is 2. The smallest absolute Gasteiger partial charge is 0.337 e. The number of esters is 1. The van der Waals surface area contributed by atoms with Crippen molar-refractivity contribution in [1.82, 2.24) is 0 Å². The molecule has 0 N–H and O–H groups in total. The number of aliphatic imine (C=N–C) groups is 1. The Hall–Kier alpha value is -2.62. The summed E-state index contributed by atoms with van der Waals surface area (Å²) >= 11 is 0. The normalized spacial score (nSPS) is 15.7. The van der Waals surface area contributed by atoms with Crippen LogP contribution < -0.4 is 0 Å². The molecule has 0 unspecified atom stereocenters. The molecule has 2 aromatic carbocycles. The molecule has 0 aromatic heterocycles. The van der Waals surface area contributed by atoms with E-state index in [1.807, 2.05) is 56.3 Å². The van der Waals surface area contributed by atoms with Gasteiger partial charge in [0.2, 0.25) is 5.90 Å². The van der Waals surface area contributed by atoms with Crippen LogP contribution in [0.15, 0.2) is 53.5 Å². The highest BCUT2D eigenvalue weighted by atomic mass is 16.5. The van der Waals surface area contributed by atoms with Gasteiger partial charge in [0.25, 0.3) is 0 Å². The van der Waals surface area contributed by atoms with Crippen molar-refractivity contribution < 1.29 is 14.3 Å². The molecule has 0 saturated carbocycles. The van der Waals surface area contributed by atoms with E-state index in [9.17, 15) is 4.79 Å². The highest BCUT2D eigenvalue weighted by molar-refractivity contribution is 5.97. The average Bonchev–Trinajstić information content (AvgIpc) is 2.94. The summed E-state index contributed by atoms with van der Waals surface area (Å²) in [5.74, 6) is 0.328. The van der Waals surface area contributed by atoms with Crippen molar-refractivity contribution >= 4 is 11.9 Å². The van der Waals surface area contributed by atoms with Gasteiger partial charge in [0.05, 0.1) is 18.2 Å². The fourth-order valence-corrected chi connectivity index (χ4v) is 2.51. The summed E-state index contributed by atoms with van der Waals surface area (Å²) in [7, 11) is 1.38. The van der Waals surface area contributed by atoms with Gasteiger partial charge >= 0.3 is 5.97 Å². The maximum absolute atomic E-state index is 11.7. The Morgan fingerprint density at radius 1 is 1.09 bits per heavy atom. The second-order valence-corrected chi connectivity index (χ2v) is 6.17. The van der Waals surface area contributed by atoms with Crippen LogP contribution in [0.4, 0.5) is 0 Å². The largest absolute Gasteiger partial charge is 0.475 e. The van der Waals surface area contributed by atoms with Gasteiger partial charge in [-0.15, -0.1) is 0 Å². The zero-order valence-corrected chi connectivity index (χ0v) is 13.5. The SMILES string of the molecule is COC(=O)c1cccc(-c2cccc(C3=NC(C)(C)CO3)c2)c1. The Labute approximate surface area is 135 Å². The summed E-state index contributed by atoms with van der Waals surface area (Å²) in [6.45, 7) is 4.68. The molecule has 2 aromatic rings. The number of carbonyl (C=O) groups excluding carboxylic acids is 1. The minimum absolute atomic E-state index is 0.184. The molecule has 0 radical (unpaired) electrons. The van der Waals surface area contributed by atoms with Crippen molar-refractivity contribution in [3.05, 3.63) is 59.7 Å². The number of methoxy groups -OCH3 is 1. The van der Waals surface area contributed by atoms with Crippen molar-refractivity contribution in [2.75, 3.05) is 13.7 Å². The van der Waals surface area contributed by atoms with E-state index in [-0.39, 0.29) is 11.5 Å². The Morgan fingerprint density at radius 2 is 1.74 bits per heavy atom. The zero-order chi connectivity index (χ0) is 16.4. The van der Waals surface area contributed by atoms with Crippen LogP contribution in [0.25, 0.3) is 11.1 Å². The number of hydrogen-bond acceptors (Lipinski definition) is 4. The van der Waals surface area contributed by atoms with Gasteiger partial charge in [-0.05, 0) is 49.2 Å². The van der Waals surface area contributed by atoms with Crippen molar-refractivity contribution in [3.63, 3.8) is 0 Å². The van der Waals surface area contributed by atoms with E-state index in [2.05, 4.69) is 4.99 Å². The quantitative estimate of drug-likeness (QED) is 0.812. The molecule has 1 heterocycles. The third kappa shape index (κ3) is 3.26. The van der Waals surface area contributed by atoms with Crippen LogP contribution in [0.5, 0.6) is 0 Å². The number of carbonyl (C=O) groups is 1. The summed E-state index contributed by atoms with van der Waals surface area (Å²) in [6, 6.07) is 15.4. The lowest BCUT2D eigenvalue weighted by molar-refractivity contribution is 0.0601. The highest BCUT2D eigenvalue weighted by Gasteiger charge is 2.27. The van der Waals surface area contributed by atoms with Crippen molar-refractivity contribution in [1.29, 1.82) is 0 Å². The number of benzene rings is 2. The second kappa shape index (κ2) is 5.88. The first-order valence-electron chi connectivity index (χ1n) is 7.50. The maximum atomic E-state index is 11.7. The van der Waals surface area contributed by atoms with Crippen LogP contribution in [0.2, 0.25) is 0 Å². The lowest BCUT2D eigenvalue weighted by atomic mass is 10.0. The van der Waals surface area contributed by atoms with Crippen molar-refractivity contribution in [3.8, 4) is 11.1 Å². The van der Waals surface area contributed by atoms with E-state index in [0.29, 0.717) is 18.1 Å². The standard InChI is InChI=1S/C19H19NO3/c1-19(2)12-23-17(20-19)15-8-4-6-13(10-15)14-7-5-9-16(11-14)18(21)22-3/h4-11H,12H2,1-3H3. The van der Waals surface area contributed by atoms with Crippen LogP contribution in [0.3, 0.4) is 0 Å². The molecule has 0 saturated heterocycles. The lowest BCUT2D eigenvalue weighted by Crippen LogP contribution is -2.17. The molecule has 4 nitrogen and oxygen atoms in total. The van der Waals surface area contributed by atoms with E-state index < -0.39 is 0 Å².